The molecule has 2 aliphatic heterocycles. The van der Waals surface area contributed by atoms with E-state index in [2.05, 4.69) is 17.0 Å². The van der Waals surface area contributed by atoms with Crippen LogP contribution in [0.25, 0.3) is 0 Å². The fraction of sp³-hybridized carbons (Fsp3) is 0.562. The number of ether oxygens (including phenoxy) is 2. The molecule has 2 bridgehead atoms. The molecule has 1 aromatic carbocycles. The minimum absolute atomic E-state index is 0.168. The average Bonchev–Trinajstić information content (AvgIpc) is 2.48. The quantitative estimate of drug-likeness (QED) is 0.839. The van der Waals surface area contributed by atoms with Crippen LogP contribution in [0.2, 0.25) is 0 Å². The number of esters is 1. The number of nitrogens with zero attached hydrogens (tertiary/aromatic N) is 1. The molecule has 0 amide bonds. The lowest BCUT2D eigenvalue weighted by Crippen LogP contribution is -2.66. The SMILES string of the molecule is COC(=O)C1(N)CC2COCC(C1)N2Cc1ccccc1. The number of fused-ring (bicyclic) bond motifs is 2. The standard InChI is InChI=1S/C16H22N2O3/c1-20-15(19)16(17)7-13-10-21-11-14(8-16)18(13)9-12-5-3-2-4-6-12/h2-6,13-14H,7-11,17H2,1H3. The topological polar surface area (TPSA) is 64.8 Å². The summed E-state index contributed by atoms with van der Waals surface area (Å²) in [5.41, 5.74) is 6.70. The number of rotatable bonds is 3. The largest absolute Gasteiger partial charge is 0.468 e. The van der Waals surface area contributed by atoms with Crippen molar-refractivity contribution in [2.75, 3.05) is 20.3 Å². The molecule has 114 valence electrons. The number of nitrogens with two attached hydrogens (primary N) is 1. The zero-order valence-electron chi connectivity index (χ0n) is 12.3. The van der Waals surface area contributed by atoms with E-state index in [9.17, 15) is 4.79 Å². The van der Waals surface area contributed by atoms with Gasteiger partial charge in [0.2, 0.25) is 0 Å². The summed E-state index contributed by atoms with van der Waals surface area (Å²) in [5.74, 6) is -0.307. The second-order valence-corrected chi connectivity index (χ2v) is 6.06. The molecular formula is C16H22N2O3. The van der Waals surface area contributed by atoms with Gasteiger partial charge in [-0.05, 0) is 18.4 Å². The molecule has 0 spiro atoms. The second-order valence-electron chi connectivity index (χ2n) is 6.06. The van der Waals surface area contributed by atoms with Crippen molar-refractivity contribution < 1.29 is 14.3 Å². The molecule has 2 heterocycles. The van der Waals surface area contributed by atoms with Crippen molar-refractivity contribution in [2.24, 2.45) is 5.73 Å². The molecule has 21 heavy (non-hydrogen) atoms. The van der Waals surface area contributed by atoms with Gasteiger partial charge < -0.3 is 15.2 Å². The van der Waals surface area contributed by atoms with Crippen molar-refractivity contribution in [1.82, 2.24) is 4.90 Å². The molecule has 2 fully saturated rings. The van der Waals surface area contributed by atoms with Gasteiger partial charge in [-0.1, -0.05) is 30.3 Å². The molecule has 1 aromatic rings. The van der Waals surface area contributed by atoms with Gasteiger partial charge in [0.25, 0.3) is 0 Å². The van der Waals surface area contributed by atoms with E-state index in [4.69, 9.17) is 15.2 Å². The molecule has 2 unspecified atom stereocenters. The predicted molar refractivity (Wildman–Crippen MR) is 78.5 cm³/mol. The van der Waals surface area contributed by atoms with E-state index in [1.165, 1.54) is 12.7 Å². The third kappa shape index (κ3) is 2.81. The van der Waals surface area contributed by atoms with Crippen LogP contribution in [0.3, 0.4) is 0 Å². The number of methoxy groups -OCH3 is 1. The molecule has 0 radical (unpaired) electrons. The first-order chi connectivity index (χ1) is 10.1. The highest BCUT2D eigenvalue weighted by atomic mass is 16.5. The van der Waals surface area contributed by atoms with Gasteiger partial charge in [-0.15, -0.1) is 0 Å². The molecule has 0 saturated carbocycles. The highest BCUT2D eigenvalue weighted by Gasteiger charge is 2.49. The molecule has 3 rings (SSSR count). The number of carbonyl (C=O) groups excluding carboxylic acids is 1. The van der Waals surface area contributed by atoms with Crippen molar-refractivity contribution >= 4 is 5.97 Å². The van der Waals surface area contributed by atoms with Gasteiger partial charge in [-0.25, -0.2) is 0 Å². The minimum Gasteiger partial charge on any atom is -0.468 e. The van der Waals surface area contributed by atoms with Crippen molar-refractivity contribution in [3.63, 3.8) is 0 Å². The van der Waals surface area contributed by atoms with Crippen LogP contribution in [0.4, 0.5) is 0 Å². The van der Waals surface area contributed by atoms with Gasteiger partial charge in [0, 0.05) is 18.6 Å². The maximum atomic E-state index is 12.0. The van der Waals surface area contributed by atoms with E-state index in [1.54, 1.807) is 0 Å². The Balaban J connectivity index is 1.77. The fourth-order valence-corrected chi connectivity index (χ4v) is 3.53. The molecule has 5 heteroatoms. The van der Waals surface area contributed by atoms with Crippen LogP contribution in [-0.4, -0.2) is 48.8 Å². The third-order valence-corrected chi connectivity index (χ3v) is 4.56. The molecular weight excluding hydrogens is 268 g/mol. The normalized spacial score (nSPS) is 32.7. The Hall–Kier alpha value is -1.43. The van der Waals surface area contributed by atoms with Crippen LogP contribution in [0.1, 0.15) is 18.4 Å². The molecule has 2 N–H and O–H groups in total. The third-order valence-electron chi connectivity index (χ3n) is 4.56. The first kappa shape index (κ1) is 14.5. The van der Waals surface area contributed by atoms with Crippen LogP contribution in [0.15, 0.2) is 30.3 Å². The van der Waals surface area contributed by atoms with Gasteiger partial charge in [-0.2, -0.15) is 0 Å². The molecule has 0 aromatic heterocycles. The predicted octanol–water partition coefficient (Wildman–Crippen LogP) is 0.920. The summed E-state index contributed by atoms with van der Waals surface area (Å²) in [6.07, 6.45) is 1.17. The first-order valence-corrected chi connectivity index (χ1v) is 7.37. The van der Waals surface area contributed by atoms with E-state index >= 15 is 0 Å². The zero-order chi connectivity index (χ0) is 14.9. The first-order valence-electron chi connectivity index (χ1n) is 7.37. The second kappa shape index (κ2) is 5.75. The summed E-state index contributed by atoms with van der Waals surface area (Å²) in [4.78, 5) is 14.4. The van der Waals surface area contributed by atoms with Crippen LogP contribution < -0.4 is 5.73 Å². The van der Waals surface area contributed by atoms with Crippen molar-refractivity contribution in [2.45, 2.75) is 37.0 Å². The zero-order valence-corrected chi connectivity index (χ0v) is 12.3. The van der Waals surface area contributed by atoms with Crippen LogP contribution in [-0.2, 0) is 20.8 Å². The maximum absolute atomic E-state index is 12.0. The Morgan fingerprint density at radius 2 is 1.95 bits per heavy atom. The molecule has 2 aliphatic rings. The average molecular weight is 290 g/mol. The van der Waals surface area contributed by atoms with Gasteiger partial charge in [0.05, 0.1) is 20.3 Å². The van der Waals surface area contributed by atoms with Crippen LogP contribution >= 0.6 is 0 Å². The Kier molecular flexibility index (Phi) is 3.97. The highest BCUT2D eigenvalue weighted by Crippen LogP contribution is 2.34. The molecule has 2 saturated heterocycles. The summed E-state index contributed by atoms with van der Waals surface area (Å²) >= 11 is 0. The van der Waals surface area contributed by atoms with Crippen molar-refractivity contribution in [3.05, 3.63) is 35.9 Å². The highest BCUT2D eigenvalue weighted by molar-refractivity contribution is 5.80. The molecule has 2 atom stereocenters. The Morgan fingerprint density at radius 1 is 1.33 bits per heavy atom. The number of hydrogen-bond acceptors (Lipinski definition) is 5. The lowest BCUT2D eigenvalue weighted by atomic mass is 9.79. The summed E-state index contributed by atoms with van der Waals surface area (Å²) in [6, 6.07) is 10.7. The molecule has 0 aliphatic carbocycles. The summed E-state index contributed by atoms with van der Waals surface area (Å²) < 4.78 is 10.6. The van der Waals surface area contributed by atoms with E-state index < -0.39 is 5.54 Å². The van der Waals surface area contributed by atoms with Crippen molar-refractivity contribution in [1.29, 1.82) is 0 Å². The van der Waals surface area contributed by atoms with E-state index in [1.807, 2.05) is 18.2 Å². The maximum Gasteiger partial charge on any atom is 0.325 e. The van der Waals surface area contributed by atoms with Crippen LogP contribution in [0, 0.1) is 0 Å². The van der Waals surface area contributed by atoms with Gasteiger partial charge >= 0.3 is 5.97 Å². The number of carbonyl (C=O) groups is 1. The van der Waals surface area contributed by atoms with Gasteiger partial charge in [0.1, 0.15) is 5.54 Å². The summed E-state index contributed by atoms with van der Waals surface area (Å²) in [6.45, 7) is 2.12. The fourth-order valence-electron chi connectivity index (χ4n) is 3.53. The number of morpholine rings is 1. The Labute approximate surface area is 125 Å². The number of benzene rings is 1. The van der Waals surface area contributed by atoms with E-state index in [0.717, 1.165) is 6.54 Å². The Morgan fingerprint density at radius 3 is 2.52 bits per heavy atom. The van der Waals surface area contributed by atoms with Gasteiger partial charge in [0.15, 0.2) is 0 Å². The van der Waals surface area contributed by atoms with E-state index in [0.29, 0.717) is 26.1 Å². The number of hydrogen-bond donors (Lipinski definition) is 1. The van der Waals surface area contributed by atoms with Crippen molar-refractivity contribution in [3.8, 4) is 0 Å². The van der Waals surface area contributed by atoms with Gasteiger partial charge in [-0.3, -0.25) is 9.69 Å². The monoisotopic (exact) mass is 290 g/mol. The van der Waals surface area contributed by atoms with Crippen LogP contribution in [0.5, 0.6) is 0 Å². The summed E-state index contributed by atoms with van der Waals surface area (Å²) in [5, 5.41) is 0. The smallest absolute Gasteiger partial charge is 0.325 e. The number of piperidine rings is 1. The molecule has 5 nitrogen and oxygen atoms in total. The Bertz CT molecular complexity index is 492. The lowest BCUT2D eigenvalue weighted by Gasteiger charge is -2.51. The lowest BCUT2D eigenvalue weighted by molar-refractivity contribution is -0.157. The minimum atomic E-state index is -0.874. The van der Waals surface area contributed by atoms with E-state index in [-0.39, 0.29) is 18.1 Å². The summed E-state index contributed by atoms with van der Waals surface area (Å²) in [7, 11) is 1.40.